The van der Waals surface area contributed by atoms with Crippen molar-refractivity contribution in [2.24, 2.45) is 0 Å². The molecule has 1 aliphatic rings. The molecule has 0 saturated heterocycles. The lowest BCUT2D eigenvalue weighted by Crippen LogP contribution is -2.21. The highest BCUT2D eigenvalue weighted by atomic mass is 32.2. The predicted octanol–water partition coefficient (Wildman–Crippen LogP) is 2.70. The fourth-order valence-corrected chi connectivity index (χ4v) is 3.13. The Labute approximate surface area is 100 Å². The second-order valence-corrected chi connectivity index (χ2v) is 5.42. The van der Waals surface area contributed by atoms with Gasteiger partial charge in [0.2, 0.25) is 0 Å². The molecule has 4 heteroatoms. The monoisotopic (exact) mass is 236 g/mol. The summed E-state index contributed by atoms with van der Waals surface area (Å²) in [5, 5.41) is 0.827. The van der Waals surface area contributed by atoms with Crippen molar-refractivity contribution < 1.29 is 4.79 Å². The van der Waals surface area contributed by atoms with Gasteiger partial charge in [0.25, 0.3) is 0 Å². The minimum atomic E-state index is 0.0787. The van der Waals surface area contributed by atoms with Crippen molar-refractivity contribution in [2.75, 3.05) is 0 Å². The van der Waals surface area contributed by atoms with Gasteiger partial charge in [-0.1, -0.05) is 18.2 Å². The topological polar surface area (TPSA) is 42.9 Å². The molecule has 0 aliphatic heterocycles. The van der Waals surface area contributed by atoms with Gasteiger partial charge in [-0.2, -0.15) is 0 Å². The van der Waals surface area contributed by atoms with Gasteiger partial charge < -0.3 is 0 Å². The van der Waals surface area contributed by atoms with Gasteiger partial charge in [0.05, 0.1) is 5.25 Å². The van der Waals surface area contributed by atoms with Crippen LogP contribution in [0.3, 0.4) is 0 Å². The number of carbonyl (C=O) groups excluding carboxylic acids is 1. The van der Waals surface area contributed by atoms with Gasteiger partial charge in [0.1, 0.15) is 5.78 Å². The Morgan fingerprint density at radius 2 is 1.94 bits per heavy atom. The molecule has 1 saturated carbocycles. The van der Waals surface area contributed by atoms with Crippen LogP contribution >= 0.6 is 11.8 Å². The Balaban J connectivity index is 2.10. The average Bonchev–Trinajstić information content (AvgIpc) is 2.20. The van der Waals surface area contributed by atoms with Crippen LogP contribution in [0.1, 0.15) is 37.1 Å². The molecule has 0 spiro atoms. The Morgan fingerprint density at radius 1 is 1.25 bits per heavy atom. The molecule has 1 unspecified atom stereocenters. The third kappa shape index (κ3) is 2.82. The zero-order chi connectivity index (χ0) is 11.5. The predicted molar refractivity (Wildman–Crippen MR) is 64.6 cm³/mol. The molecule has 3 nitrogen and oxygen atoms in total. The number of hydrogen-bond donors (Lipinski definition) is 0. The first-order valence-electron chi connectivity index (χ1n) is 5.67. The number of ketones is 1. The van der Waals surface area contributed by atoms with Crippen molar-refractivity contribution in [2.45, 2.75) is 49.9 Å². The summed E-state index contributed by atoms with van der Waals surface area (Å²) in [6.45, 7) is 3.92. The summed E-state index contributed by atoms with van der Waals surface area (Å²) < 4.78 is 0. The molecule has 2 rings (SSSR count). The maximum Gasteiger partial charge on any atom is 0.188 e. The average molecular weight is 236 g/mol. The number of hydrogen-bond acceptors (Lipinski definition) is 4. The van der Waals surface area contributed by atoms with Crippen molar-refractivity contribution in [3.63, 3.8) is 0 Å². The van der Waals surface area contributed by atoms with Crippen molar-refractivity contribution in [1.82, 2.24) is 9.97 Å². The van der Waals surface area contributed by atoms with E-state index < -0.39 is 0 Å². The van der Waals surface area contributed by atoms with E-state index in [1.807, 2.05) is 19.9 Å². The van der Waals surface area contributed by atoms with Gasteiger partial charge in [-0.25, -0.2) is 9.97 Å². The second-order valence-electron chi connectivity index (χ2n) is 4.25. The number of aryl methyl sites for hydroxylation is 2. The van der Waals surface area contributed by atoms with E-state index in [1.54, 1.807) is 0 Å². The van der Waals surface area contributed by atoms with Crippen LogP contribution in [0.25, 0.3) is 0 Å². The van der Waals surface area contributed by atoms with Crippen molar-refractivity contribution in [1.29, 1.82) is 0 Å². The number of nitrogens with zero attached hydrogens (tertiary/aromatic N) is 2. The number of aromatic nitrogens is 2. The standard InChI is InChI=1S/C12H16N2OS/c1-8-7-9(2)14-12(13-8)16-11-6-4-3-5-10(11)15/h7,11H,3-6H2,1-2H3. The molecule has 1 fully saturated rings. The van der Waals surface area contributed by atoms with Crippen LogP contribution in [0, 0.1) is 13.8 Å². The fourth-order valence-electron chi connectivity index (χ4n) is 1.95. The first-order valence-corrected chi connectivity index (χ1v) is 6.55. The van der Waals surface area contributed by atoms with Crippen LogP contribution in [0.4, 0.5) is 0 Å². The lowest BCUT2D eigenvalue weighted by molar-refractivity contribution is -0.119. The maximum atomic E-state index is 11.7. The summed E-state index contributed by atoms with van der Waals surface area (Å²) in [5.41, 5.74) is 1.94. The third-order valence-corrected chi connectivity index (χ3v) is 3.88. The molecule has 0 aromatic carbocycles. The molecule has 1 aromatic heterocycles. The minimum Gasteiger partial charge on any atom is -0.298 e. The zero-order valence-corrected chi connectivity index (χ0v) is 10.5. The van der Waals surface area contributed by atoms with Crippen molar-refractivity contribution in [3.05, 3.63) is 17.5 Å². The summed E-state index contributed by atoms with van der Waals surface area (Å²) in [5.74, 6) is 0.360. The van der Waals surface area contributed by atoms with Crippen LogP contribution in [0.15, 0.2) is 11.2 Å². The molecular formula is C12H16N2OS. The largest absolute Gasteiger partial charge is 0.298 e. The Kier molecular flexibility index (Phi) is 3.59. The maximum absolute atomic E-state index is 11.7. The van der Waals surface area contributed by atoms with Crippen molar-refractivity contribution in [3.8, 4) is 0 Å². The highest BCUT2D eigenvalue weighted by Crippen LogP contribution is 2.29. The van der Waals surface area contributed by atoms with Gasteiger partial charge in [0, 0.05) is 17.8 Å². The first-order chi connectivity index (χ1) is 7.65. The number of Topliss-reactive ketones (excluding diaryl/α,β-unsaturated/α-hetero) is 1. The molecule has 1 aliphatic carbocycles. The second kappa shape index (κ2) is 4.95. The molecule has 0 radical (unpaired) electrons. The van der Waals surface area contributed by atoms with Crippen LogP contribution in [-0.2, 0) is 4.79 Å². The van der Waals surface area contributed by atoms with Gasteiger partial charge in [0.15, 0.2) is 5.16 Å². The Bertz CT molecular complexity index is 386. The van der Waals surface area contributed by atoms with Gasteiger partial charge >= 0.3 is 0 Å². The molecule has 0 bridgehead atoms. The minimum absolute atomic E-state index is 0.0787. The fraction of sp³-hybridized carbons (Fsp3) is 0.583. The van der Waals surface area contributed by atoms with Gasteiger partial charge in [-0.15, -0.1) is 0 Å². The lowest BCUT2D eigenvalue weighted by Gasteiger charge is -2.18. The molecule has 1 aromatic rings. The SMILES string of the molecule is Cc1cc(C)nc(SC2CCCCC2=O)n1. The van der Waals surface area contributed by atoms with E-state index in [0.29, 0.717) is 5.78 Å². The first kappa shape index (κ1) is 11.6. The molecule has 1 heterocycles. The van der Waals surface area contributed by atoms with Crippen molar-refractivity contribution >= 4 is 17.5 Å². The van der Waals surface area contributed by atoms with Gasteiger partial charge in [-0.3, -0.25) is 4.79 Å². The van der Waals surface area contributed by atoms with E-state index in [0.717, 1.165) is 42.2 Å². The summed E-state index contributed by atoms with van der Waals surface area (Å²) >= 11 is 1.53. The van der Waals surface area contributed by atoms with E-state index in [9.17, 15) is 4.79 Å². The highest BCUT2D eigenvalue weighted by molar-refractivity contribution is 8.00. The smallest absolute Gasteiger partial charge is 0.188 e. The Hall–Kier alpha value is -0.900. The quantitative estimate of drug-likeness (QED) is 0.740. The van der Waals surface area contributed by atoms with E-state index in [-0.39, 0.29) is 5.25 Å². The van der Waals surface area contributed by atoms with Crippen LogP contribution in [0.5, 0.6) is 0 Å². The van der Waals surface area contributed by atoms with Gasteiger partial charge in [-0.05, 0) is 32.8 Å². The lowest BCUT2D eigenvalue weighted by atomic mass is 9.99. The van der Waals surface area contributed by atoms with E-state index in [4.69, 9.17) is 0 Å². The van der Waals surface area contributed by atoms with Crippen LogP contribution < -0.4 is 0 Å². The van der Waals surface area contributed by atoms with E-state index in [2.05, 4.69) is 9.97 Å². The van der Waals surface area contributed by atoms with Crippen LogP contribution in [0.2, 0.25) is 0 Å². The summed E-state index contributed by atoms with van der Waals surface area (Å²) in [7, 11) is 0. The number of carbonyl (C=O) groups is 1. The molecule has 86 valence electrons. The summed E-state index contributed by atoms with van der Waals surface area (Å²) in [4.78, 5) is 20.4. The zero-order valence-electron chi connectivity index (χ0n) is 9.69. The number of rotatable bonds is 2. The molecule has 0 N–H and O–H groups in total. The van der Waals surface area contributed by atoms with E-state index in [1.165, 1.54) is 11.8 Å². The highest BCUT2D eigenvalue weighted by Gasteiger charge is 2.24. The normalized spacial score (nSPS) is 21.1. The third-order valence-electron chi connectivity index (χ3n) is 2.71. The molecule has 1 atom stereocenters. The van der Waals surface area contributed by atoms with E-state index >= 15 is 0 Å². The molecule has 16 heavy (non-hydrogen) atoms. The molecular weight excluding hydrogens is 220 g/mol. The number of thioether (sulfide) groups is 1. The Morgan fingerprint density at radius 3 is 2.56 bits per heavy atom. The van der Waals surface area contributed by atoms with Crippen LogP contribution in [-0.4, -0.2) is 21.0 Å². The summed E-state index contributed by atoms with van der Waals surface area (Å²) in [6, 6.07) is 1.95. The molecule has 0 amide bonds. The summed E-state index contributed by atoms with van der Waals surface area (Å²) in [6.07, 6.45) is 3.89.